The van der Waals surface area contributed by atoms with E-state index >= 15 is 0 Å². The van der Waals surface area contributed by atoms with Crippen molar-refractivity contribution in [3.8, 4) is 5.75 Å². The third-order valence-electron chi connectivity index (χ3n) is 6.34. The molecule has 1 aromatic heterocycles. The Balaban J connectivity index is 1.83. The minimum absolute atomic E-state index is 0.00546. The summed E-state index contributed by atoms with van der Waals surface area (Å²) in [5.41, 5.74) is 2.52. The topological polar surface area (TPSA) is 81.0 Å². The average Bonchev–Trinajstić information content (AvgIpc) is 3.29. The van der Waals surface area contributed by atoms with Crippen LogP contribution < -0.4 is 4.74 Å². The molecule has 2 aliphatic heterocycles. The number of benzene rings is 1. The molecule has 0 unspecified atom stereocenters. The number of methoxy groups -OCH3 is 1. The summed E-state index contributed by atoms with van der Waals surface area (Å²) in [5.74, 6) is -0.690. The first kappa shape index (κ1) is 24.4. The first-order valence-electron chi connectivity index (χ1n) is 11.7. The van der Waals surface area contributed by atoms with Gasteiger partial charge in [-0.05, 0) is 33.6 Å². The van der Waals surface area contributed by atoms with Crippen LogP contribution in [0.15, 0.2) is 30.6 Å². The Morgan fingerprint density at radius 2 is 1.88 bits per heavy atom. The Labute approximate surface area is 200 Å². The van der Waals surface area contributed by atoms with Crippen LogP contribution in [0.1, 0.15) is 56.5 Å². The molecule has 0 bridgehead atoms. The molecule has 0 spiro atoms. The van der Waals surface area contributed by atoms with Crippen molar-refractivity contribution in [2.24, 2.45) is 13.0 Å². The molecule has 0 amide bonds. The highest BCUT2D eigenvalue weighted by Crippen LogP contribution is 2.35. The van der Waals surface area contributed by atoms with Crippen molar-refractivity contribution >= 4 is 23.1 Å². The maximum Gasteiger partial charge on any atom is 0.342 e. The van der Waals surface area contributed by atoms with Crippen LogP contribution in [0, 0.1) is 5.92 Å². The molecule has 1 aromatic carbocycles. The molecule has 184 valence electrons. The number of rotatable bonds is 3. The second kappa shape index (κ2) is 9.90. The Morgan fingerprint density at radius 3 is 2.59 bits per heavy atom. The van der Waals surface area contributed by atoms with Gasteiger partial charge in [0.1, 0.15) is 17.4 Å². The van der Waals surface area contributed by atoms with Gasteiger partial charge in [-0.1, -0.05) is 31.2 Å². The molecule has 8 nitrogen and oxygen atoms in total. The minimum atomic E-state index is -0.643. The normalized spacial score (nSPS) is 28.1. The van der Waals surface area contributed by atoms with Crippen LogP contribution >= 0.6 is 0 Å². The first-order chi connectivity index (χ1) is 16.2. The van der Waals surface area contributed by atoms with E-state index in [0.29, 0.717) is 28.8 Å². The second-order valence-corrected chi connectivity index (χ2v) is 9.42. The number of hydrogen-bond acceptors (Lipinski definition) is 7. The summed E-state index contributed by atoms with van der Waals surface area (Å²) in [5, 5.41) is 0. The number of aromatic nitrogens is 2. The number of carbonyl (C=O) groups excluding carboxylic acids is 1. The SMILES string of the molecule is COCOc1cc2c(ncn2C)c2c1C(=O)O[C@@H](C)[C@H](C)/C=C\C[C@H]1OC(C)(C)O[C@H]1CC=C2. The summed E-state index contributed by atoms with van der Waals surface area (Å²) in [6.07, 6.45) is 10.6. The molecule has 2 aliphatic rings. The summed E-state index contributed by atoms with van der Waals surface area (Å²) in [7, 11) is 3.44. The molecule has 1 saturated heterocycles. The van der Waals surface area contributed by atoms with Gasteiger partial charge in [0, 0.05) is 31.7 Å². The van der Waals surface area contributed by atoms with Gasteiger partial charge in [-0.2, -0.15) is 0 Å². The number of imidazole rings is 1. The number of nitrogens with zero attached hydrogens (tertiary/aromatic N) is 2. The Bertz CT molecular complexity index is 1100. The molecular weight excluding hydrogens is 436 g/mol. The fourth-order valence-corrected chi connectivity index (χ4v) is 4.42. The van der Waals surface area contributed by atoms with E-state index in [1.807, 2.05) is 51.5 Å². The van der Waals surface area contributed by atoms with Crippen LogP contribution in [-0.4, -0.2) is 53.5 Å². The zero-order chi connectivity index (χ0) is 24.5. The van der Waals surface area contributed by atoms with E-state index in [1.54, 1.807) is 12.4 Å². The summed E-state index contributed by atoms with van der Waals surface area (Å²) in [6.45, 7) is 7.80. The third kappa shape index (κ3) is 5.04. The number of cyclic esters (lactones) is 1. The van der Waals surface area contributed by atoms with Crippen molar-refractivity contribution < 1.29 is 28.5 Å². The highest BCUT2D eigenvalue weighted by atomic mass is 16.7. The van der Waals surface area contributed by atoms with Gasteiger partial charge in [0.05, 0.1) is 29.6 Å². The average molecular weight is 471 g/mol. The van der Waals surface area contributed by atoms with Gasteiger partial charge >= 0.3 is 5.97 Å². The van der Waals surface area contributed by atoms with Gasteiger partial charge in [0.15, 0.2) is 12.6 Å². The van der Waals surface area contributed by atoms with Gasteiger partial charge in [0.2, 0.25) is 0 Å². The zero-order valence-electron chi connectivity index (χ0n) is 20.7. The lowest BCUT2D eigenvalue weighted by atomic mass is 9.99. The molecule has 0 saturated carbocycles. The molecule has 8 heteroatoms. The predicted molar refractivity (Wildman–Crippen MR) is 128 cm³/mol. The molecule has 34 heavy (non-hydrogen) atoms. The lowest BCUT2D eigenvalue weighted by Crippen LogP contribution is -2.23. The largest absolute Gasteiger partial charge is 0.467 e. The lowest BCUT2D eigenvalue weighted by molar-refractivity contribution is -0.145. The summed E-state index contributed by atoms with van der Waals surface area (Å²) in [4.78, 5) is 18.0. The van der Waals surface area contributed by atoms with Crippen LogP contribution in [0.3, 0.4) is 0 Å². The van der Waals surface area contributed by atoms with Crippen LogP contribution in [0.2, 0.25) is 0 Å². The summed E-state index contributed by atoms with van der Waals surface area (Å²) in [6, 6.07) is 1.80. The monoisotopic (exact) mass is 470 g/mol. The Morgan fingerprint density at radius 1 is 1.18 bits per heavy atom. The number of fused-ring (bicyclic) bond motifs is 4. The fourth-order valence-electron chi connectivity index (χ4n) is 4.42. The molecular formula is C26H34N2O6. The standard InChI is InChI=1S/C26H34N2O6/c1-16-9-7-11-20-21(34-26(3,4)33-20)12-8-10-18-23(25(29)32-17(16)2)22(31-15-30-6)13-19-24(18)27-14-28(19)5/h7-10,13-14,16-17,20-21H,11-12,15H2,1-6H3/b9-7-,10-8?/t16-,17+,20-,21+/m1/s1. The van der Waals surface area contributed by atoms with E-state index in [9.17, 15) is 4.79 Å². The van der Waals surface area contributed by atoms with Crippen LogP contribution in [-0.2, 0) is 26.0 Å². The van der Waals surface area contributed by atoms with E-state index in [1.165, 1.54) is 7.11 Å². The minimum Gasteiger partial charge on any atom is -0.467 e. The molecule has 0 radical (unpaired) electrons. The van der Waals surface area contributed by atoms with Crippen LogP contribution in [0.4, 0.5) is 0 Å². The van der Waals surface area contributed by atoms with E-state index < -0.39 is 11.8 Å². The molecule has 0 aliphatic carbocycles. The van der Waals surface area contributed by atoms with E-state index in [2.05, 4.69) is 17.1 Å². The van der Waals surface area contributed by atoms with Crippen LogP contribution in [0.5, 0.6) is 5.75 Å². The zero-order valence-corrected chi connectivity index (χ0v) is 20.7. The molecule has 2 aromatic rings. The second-order valence-electron chi connectivity index (χ2n) is 9.42. The highest BCUT2D eigenvalue weighted by Gasteiger charge is 2.40. The quantitative estimate of drug-likeness (QED) is 0.368. The molecule has 4 rings (SSSR count). The lowest BCUT2D eigenvalue weighted by Gasteiger charge is -2.21. The van der Waals surface area contributed by atoms with Gasteiger partial charge in [-0.3, -0.25) is 0 Å². The number of aryl methyl sites for hydroxylation is 1. The number of carbonyl (C=O) groups is 1. The number of ether oxygens (including phenoxy) is 5. The first-order valence-corrected chi connectivity index (χ1v) is 11.7. The van der Waals surface area contributed by atoms with Gasteiger partial charge in [-0.25, -0.2) is 9.78 Å². The van der Waals surface area contributed by atoms with E-state index in [4.69, 9.17) is 23.7 Å². The highest BCUT2D eigenvalue weighted by molar-refractivity contribution is 6.03. The molecule has 0 N–H and O–H groups in total. The van der Waals surface area contributed by atoms with E-state index in [-0.39, 0.29) is 31.0 Å². The van der Waals surface area contributed by atoms with Crippen molar-refractivity contribution in [2.45, 2.75) is 64.6 Å². The van der Waals surface area contributed by atoms with Gasteiger partial charge < -0.3 is 28.3 Å². The fraction of sp³-hybridized carbons (Fsp3) is 0.538. The van der Waals surface area contributed by atoms with E-state index in [0.717, 1.165) is 11.9 Å². The summed E-state index contributed by atoms with van der Waals surface area (Å²) >= 11 is 0. The third-order valence-corrected chi connectivity index (χ3v) is 6.34. The predicted octanol–water partition coefficient (Wildman–Crippen LogP) is 4.62. The molecule has 3 heterocycles. The van der Waals surface area contributed by atoms with Crippen molar-refractivity contribution in [1.82, 2.24) is 9.55 Å². The van der Waals surface area contributed by atoms with Crippen LogP contribution in [0.25, 0.3) is 17.1 Å². The number of hydrogen-bond donors (Lipinski definition) is 0. The smallest absolute Gasteiger partial charge is 0.342 e. The van der Waals surface area contributed by atoms with Crippen molar-refractivity contribution in [3.63, 3.8) is 0 Å². The molecule has 1 fully saturated rings. The Kier molecular flexibility index (Phi) is 7.12. The maximum absolute atomic E-state index is 13.5. The van der Waals surface area contributed by atoms with Crippen molar-refractivity contribution in [3.05, 3.63) is 41.7 Å². The maximum atomic E-state index is 13.5. The molecule has 4 atom stereocenters. The van der Waals surface area contributed by atoms with Gasteiger partial charge in [-0.15, -0.1) is 0 Å². The van der Waals surface area contributed by atoms with Crippen molar-refractivity contribution in [1.29, 1.82) is 0 Å². The van der Waals surface area contributed by atoms with Crippen molar-refractivity contribution in [2.75, 3.05) is 13.9 Å². The summed E-state index contributed by atoms with van der Waals surface area (Å²) < 4.78 is 31.1. The Hall–Kier alpha value is -2.68. The number of esters is 1. The van der Waals surface area contributed by atoms with Gasteiger partial charge in [0.25, 0.3) is 0 Å².